The molecule has 1 rings (SSSR count). The van der Waals surface area contributed by atoms with Gasteiger partial charge in [0.1, 0.15) is 18.9 Å². The van der Waals surface area contributed by atoms with E-state index in [9.17, 15) is 22.4 Å². The number of carbonyl (C=O) groups excluding carboxylic acids is 1. The molecular formula is C16H23F4IN4O. The molecule has 148 valence electrons. The third kappa shape index (κ3) is 9.20. The molecule has 0 spiro atoms. The van der Waals surface area contributed by atoms with E-state index in [0.717, 1.165) is 7.05 Å². The van der Waals surface area contributed by atoms with Crippen LogP contribution in [0.3, 0.4) is 0 Å². The molecule has 1 aromatic carbocycles. The van der Waals surface area contributed by atoms with Gasteiger partial charge < -0.3 is 15.1 Å². The lowest BCUT2D eigenvalue weighted by Crippen LogP contribution is -2.41. The van der Waals surface area contributed by atoms with Crippen molar-refractivity contribution >= 4 is 35.8 Å². The predicted molar refractivity (Wildman–Crippen MR) is 103 cm³/mol. The minimum atomic E-state index is -4.45. The van der Waals surface area contributed by atoms with E-state index in [-0.39, 0.29) is 29.8 Å². The van der Waals surface area contributed by atoms with Crippen LogP contribution in [-0.4, -0.2) is 61.6 Å². The Labute approximate surface area is 167 Å². The number of benzene rings is 1. The number of nitrogens with one attached hydrogen (secondary N) is 1. The van der Waals surface area contributed by atoms with Crippen LogP contribution in [0.4, 0.5) is 17.6 Å². The summed E-state index contributed by atoms with van der Waals surface area (Å²) in [6.45, 7) is 0.928. The van der Waals surface area contributed by atoms with Crippen LogP contribution in [0.2, 0.25) is 0 Å². The summed E-state index contributed by atoms with van der Waals surface area (Å²) in [4.78, 5) is 18.1. The highest BCUT2D eigenvalue weighted by molar-refractivity contribution is 14.0. The standard InChI is InChI=1S/C16H22F4N4O.HI/c1-4-21-15(22-9-14(25)24(3)11-16(18,19)20)23(2)10-12-6-5-7-13(17)8-12;/h5-8H,4,9-11H2,1-3H3,(H,21,22);1H. The molecule has 0 aliphatic carbocycles. The fourth-order valence-electron chi connectivity index (χ4n) is 2.07. The smallest absolute Gasteiger partial charge is 0.357 e. The third-order valence-electron chi connectivity index (χ3n) is 3.21. The molecular weight excluding hydrogens is 467 g/mol. The van der Waals surface area contributed by atoms with Gasteiger partial charge in [-0.1, -0.05) is 12.1 Å². The van der Waals surface area contributed by atoms with E-state index in [1.165, 1.54) is 12.1 Å². The van der Waals surface area contributed by atoms with E-state index >= 15 is 0 Å². The number of carbonyl (C=O) groups is 1. The molecule has 0 fully saturated rings. The minimum Gasteiger partial charge on any atom is -0.357 e. The average molecular weight is 490 g/mol. The number of nitrogens with zero attached hydrogens (tertiary/aromatic N) is 3. The van der Waals surface area contributed by atoms with Gasteiger partial charge in [0.25, 0.3) is 0 Å². The lowest BCUT2D eigenvalue weighted by atomic mass is 10.2. The van der Waals surface area contributed by atoms with Crippen molar-refractivity contribution < 1.29 is 22.4 Å². The molecule has 0 saturated carbocycles. The molecule has 0 aromatic heterocycles. The predicted octanol–water partition coefficient (Wildman–Crippen LogP) is 2.86. The van der Waals surface area contributed by atoms with Crippen LogP contribution in [0, 0.1) is 5.82 Å². The fourth-order valence-corrected chi connectivity index (χ4v) is 2.07. The number of halogens is 5. The molecule has 0 atom stereocenters. The Bertz CT molecular complexity index is 610. The normalized spacial score (nSPS) is 11.6. The summed E-state index contributed by atoms with van der Waals surface area (Å²) >= 11 is 0. The van der Waals surface area contributed by atoms with Gasteiger partial charge in [-0.15, -0.1) is 24.0 Å². The molecule has 1 aromatic rings. The molecule has 0 aliphatic heterocycles. The van der Waals surface area contributed by atoms with Crippen molar-refractivity contribution in [1.82, 2.24) is 15.1 Å². The molecule has 1 N–H and O–H groups in total. The van der Waals surface area contributed by atoms with Crippen molar-refractivity contribution in [2.75, 3.05) is 33.7 Å². The molecule has 26 heavy (non-hydrogen) atoms. The first kappa shape index (κ1) is 24.4. The van der Waals surface area contributed by atoms with Crippen LogP contribution >= 0.6 is 24.0 Å². The maximum atomic E-state index is 13.2. The summed E-state index contributed by atoms with van der Waals surface area (Å²) < 4.78 is 50.2. The zero-order valence-electron chi connectivity index (χ0n) is 14.8. The van der Waals surface area contributed by atoms with Gasteiger partial charge in [0.05, 0.1) is 0 Å². The van der Waals surface area contributed by atoms with E-state index in [1.807, 2.05) is 6.92 Å². The molecule has 5 nitrogen and oxygen atoms in total. The average Bonchev–Trinajstić information content (AvgIpc) is 2.49. The topological polar surface area (TPSA) is 47.9 Å². The summed E-state index contributed by atoms with van der Waals surface area (Å²) in [7, 11) is 2.77. The monoisotopic (exact) mass is 490 g/mol. The SMILES string of the molecule is CCNC(=NCC(=O)N(C)CC(F)(F)F)N(C)Cc1cccc(F)c1.I. The van der Waals surface area contributed by atoms with Gasteiger partial charge in [-0.2, -0.15) is 13.2 Å². The van der Waals surface area contributed by atoms with Crippen molar-refractivity contribution in [2.24, 2.45) is 4.99 Å². The number of rotatable bonds is 6. The first-order chi connectivity index (χ1) is 11.6. The minimum absolute atomic E-state index is 0. The first-order valence-electron chi connectivity index (χ1n) is 7.67. The number of amides is 1. The lowest BCUT2D eigenvalue weighted by molar-refractivity contribution is -0.157. The molecule has 0 saturated heterocycles. The van der Waals surface area contributed by atoms with E-state index in [4.69, 9.17) is 0 Å². The Morgan fingerprint density at radius 2 is 1.88 bits per heavy atom. The van der Waals surface area contributed by atoms with Crippen molar-refractivity contribution in [1.29, 1.82) is 0 Å². The maximum absolute atomic E-state index is 13.2. The number of hydrogen-bond acceptors (Lipinski definition) is 2. The summed E-state index contributed by atoms with van der Waals surface area (Å²) in [6, 6.07) is 6.03. The number of hydrogen-bond donors (Lipinski definition) is 1. The first-order valence-corrected chi connectivity index (χ1v) is 7.67. The molecule has 10 heteroatoms. The largest absolute Gasteiger partial charge is 0.406 e. The summed E-state index contributed by atoms with van der Waals surface area (Å²) in [5, 5.41) is 2.95. The number of guanidine groups is 1. The van der Waals surface area contributed by atoms with Crippen LogP contribution in [0.5, 0.6) is 0 Å². The second-order valence-electron chi connectivity index (χ2n) is 5.52. The van der Waals surface area contributed by atoms with Crippen LogP contribution in [0.1, 0.15) is 12.5 Å². The number of alkyl halides is 3. The van der Waals surface area contributed by atoms with Crippen LogP contribution in [0.15, 0.2) is 29.3 Å². The van der Waals surface area contributed by atoms with Crippen LogP contribution < -0.4 is 5.32 Å². The zero-order chi connectivity index (χ0) is 19.0. The second kappa shape index (κ2) is 11.2. The molecule has 1 amide bonds. The Morgan fingerprint density at radius 1 is 1.23 bits per heavy atom. The van der Waals surface area contributed by atoms with E-state index in [2.05, 4.69) is 10.3 Å². The number of aliphatic imine (C=N–C) groups is 1. The van der Waals surface area contributed by atoms with Crippen LogP contribution in [-0.2, 0) is 11.3 Å². The highest BCUT2D eigenvalue weighted by atomic mass is 127. The Hall–Kier alpha value is -1.59. The van der Waals surface area contributed by atoms with Crippen molar-refractivity contribution in [3.8, 4) is 0 Å². The van der Waals surface area contributed by atoms with Gasteiger partial charge in [-0.05, 0) is 24.6 Å². The van der Waals surface area contributed by atoms with Crippen molar-refractivity contribution in [3.63, 3.8) is 0 Å². The van der Waals surface area contributed by atoms with Gasteiger partial charge >= 0.3 is 6.18 Å². The van der Waals surface area contributed by atoms with E-state index in [1.54, 1.807) is 24.1 Å². The van der Waals surface area contributed by atoms with E-state index < -0.39 is 25.2 Å². The maximum Gasteiger partial charge on any atom is 0.406 e. The van der Waals surface area contributed by atoms with Crippen LogP contribution in [0.25, 0.3) is 0 Å². The third-order valence-corrected chi connectivity index (χ3v) is 3.21. The molecule has 0 heterocycles. The van der Waals surface area contributed by atoms with Gasteiger partial charge in [0.15, 0.2) is 5.96 Å². The van der Waals surface area contributed by atoms with Crippen molar-refractivity contribution in [2.45, 2.75) is 19.6 Å². The molecule has 0 bridgehead atoms. The molecule has 0 radical (unpaired) electrons. The Kier molecular flexibility index (Phi) is 10.5. The quantitative estimate of drug-likeness (QED) is 0.289. The van der Waals surface area contributed by atoms with E-state index in [0.29, 0.717) is 29.5 Å². The lowest BCUT2D eigenvalue weighted by Gasteiger charge is -2.23. The van der Waals surface area contributed by atoms with Crippen molar-refractivity contribution in [3.05, 3.63) is 35.6 Å². The fraction of sp³-hybridized carbons (Fsp3) is 0.500. The Morgan fingerprint density at radius 3 is 2.42 bits per heavy atom. The zero-order valence-corrected chi connectivity index (χ0v) is 17.1. The number of likely N-dealkylation sites (N-methyl/N-ethyl adjacent to an activating group) is 1. The van der Waals surface area contributed by atoms with Gasteiger partial charge in [0, 0.05) is 27.2 Å². The molecule has 0 aliphatic rings. The Balaban J connectivity index is 0.00000625. The highest BCUT2D eigenvalue weighted by Gasteiger charge is 2.31. The summed E-state index contributed by atoms with van der Waals surface area (Å²) in [5.41, 5.74) is 0.702. The summed E-state index contributed by atoms with van der Waals surface area (Å²) in [5.74, 6) is -0.760. The van der Waals surface area contributed by atoms with Gasteiger partial charge in [0.2, 0.25) is 5.91 Å². The summed E-state index contributed by atoms with van der Waals surface area (Å²) in [6.07, 6.45) is -4.45. The van der Waals surface area contributed by atoms with Gasteiger partial charge in [-0.3, -0.25) is 4.79 Å². The molecule has 0 unspecified atom stereocenters. The second-order valence-corrected chi connectivity index (χ2v) is 5.52. The highest BCUT2D eigenvalue weighted by Crippen LogP contribution is 2.15. The van der Waals surface area contributed by atoms with Gasteiger partial charge in [-0.25, -0.2) is 9.38 Å².